The molecule has 27 heavy (non-hydrogen) atoms. The second-order valence-corrected chi connectivity index (χ2v) is 8.93. The molecule has 4 rings (SSSR count). The van der Waals surface area contributed by atoms with Gasteiger partial charge in [-0.1, -0.05) is 23.7 Å². The molecular weight excluding hydrogens is 380 g/mol. The largest absolute Gasteiger partial charge is 0.306 e. The Morgan fingerprint density at radius 2 is 1.74 bits per heavy atom. The predicted octanol–water partition coefficient (Wildman–Crippen LogP) is 3.99. The van der Waals surface area contributed by atoms with Crippen molar-refractivity contribution in [2.75, 3.05) is 20.1 Å². The minimum absolute atomic E-state index is 0.139. The maximum Gasteiger partial charge on any atom is 0.130 e. The van der Waals surface area contributed by atoms with Gasteiger partial charge in [-0.25, -0.2) is 0 Å². The highest BCUT2D eigenvalue weighted by atomic mass is 35.5. The second-order valence-electron chi connectivity index (χ2n) is 6.82. The van der Waals surface area contributed by atoms with E-state index in [1.165, 1.54) is 0 Å². The fourth-order valence-electron chi connectivity index (χ4n) is 3.44. The van der Waals surface area contributed by atoms with Gasteiger partial charge in [-0.05, 0) is 62.8 Å². The highest BCUT2D eigenvalue weighted by molar-refractivity contribution is 7.85. The van der Waals surface area contributed by atoms with Crippen LogP contribution in [0, 0.1) is 0 Å². The van der Waals surface area contributed by atoms with E-state index in [-0.39, 0.29) is 5.25 Å². The van der Waals surface area contributed by atoms with Gasteiger partial charge in [0.1, 0.15) is 10.7 Å². The van der Waals surface area contributed by atoms with Crippen LogP contribution in [0.25, 0.3) is 22.4 Å². The van der Waals surface area contributed by atoms with Crippen molar-refractivity contribution in [3.63, 3.8) is 0 Å². The average molecular weight is 401 g/mol. The summed E-state index contributed by atoms with van der Waals surface area (Å²) >= 11 is 6.04. The molecular formula is C20H21ClN4OS. The highest BCUT2D eigenvalue weighted by Gasteiger charge is 2.28. The molecule has 1 N–H and O–H groups in total. The number of aromatic nitrogens is 3. The summed E-state index contributed by atoms with van der Waals surface area (Å²) in [6.45, 7) is 1.94. The van der Waals surface area contributed by atoms with Crippen LogP contribution in [0.5, 0.6) is 0 Å². The number of aromatic amines is 1. The third-order valence-corrected chi connectivity index (χ3v) is 7.02. The Hall–Kier alpha value is -2.02. The van der Waals surface area contributed by atoms with Gasteiger partial charge in [0.2, 0.25) is 0 Å². The molecule has 1 aliphatic rings. The number of likely N-dealkylation sites (tertiary alicyclic amines) is 1. The van der Waals surface area contributed by atoms with E-state index in [0.717, 1.165) is 48.3 Å². The number of H-pyrrole nitrogens is 1. The minimum Gasteiger partial charge on any atom is -0.306 e. The first kappa shape index (κ1) is 18.3. The molecule has 7 heteroatoms. The lowest BCUT2D eigenvalue weighted by molar-refractivity contribution is 0.280. The molecule has 0 radical (unpaired) electrons. The molecule has 0 spiro atoms. The Morgan fingerprint density at radius 3 is 2.41 bits per heavy atom. The lowest BCUT2D eigenvalue weighted by Crippen LogP contribution is -2.35. The lowest BCUT2D eigenvalue weighted by atomic mass is 10.0. The summed E-state index contributed by atoms with van der Waals surface area (Å²) in [5, 5.41) is 9.12. The molecule has 0 bridgehead atoms. The lowest BCUT2D eigenvalue weighted by Gasteiger charge is -2.28. The number of rotatable bonds is 4. The number of pyridine rings is 1. The number of piperidine rings is 1. The van der Waals surface area contributed by atoms with E-state index >= 15 is 0 Å². The zero-order chi connectivity index (χ0) is 18.8. The number of benzene rings is 1. The fraction of sp³-hybridized carbons (Fsp3) is 0.300. The molecule has 3 heterocycles. The topological polar surface area (TPSA) is 61.9 Å². The molecule has 1 unspecified atom stereocenters. The van der Waals surface area contributed by atoms with Crippen molar-refractivity contribution in [3.05, 3.63) is 53.8 Å². The second kappa shape index (κ2) is 7.92. The van der Waals surface area contributed by atoms with Gasteiger partial charge in [0.15, 0.2) is 0 Å². The van der Waals surface area contributed by atoms with Gasteiger partial charge in [0.25, 0.3) is 0 Å². The van der Waals surface area contributed by atoms with Crippen LogP contribution in [0.1, 0.15) is 12.8 Å². The van der Waals surface area contributed by atoms with Gasteiger partial charge in [-0.15, -0.1) is 0 Å². The minimum atomic E-state index is -1.15. The number of hydrogen-bond donors (Lipinski definition) is 1. The molecule has 1 aromatic carbocycles. The molecule has 0 amide bonds. The molecule has 1 atom stereocenters. The molecule has 0 saturated carbocycles. The molecule has 3 aromatic rings. The van der Waals surface area contributed by atoms with Crippen LogP contribution in [0.15, 0.2) is 53.8 Å². The summed E-state index contributed by atoms with van der Waals surface area (Å²) in [6.07, 6.45) is 5.34. The molecule has 1 saturated heterocycles. The van der Waals surface area contributed by atoms with Gasteiger partial charge in [0, 0.05) is 33.8 Å². The van der Waals surface area contributed by atoms with E-state index in [1.54, 1.807) is 12.4 Å². The summed E-state index contributed by atoms with van der Waals surface area (Å²) in [4.78, 5) is 6.39. The van der Waals surface area contributed by atoms with Gasteiger partial charge in [0.05, 0.1) is 10.8 Å². The number of hydrogen-bond acceptors (Lipinski definition) is 4. The summed E-state index contributed by atoms with van der Waals surface area (Å²) < 4.78 is 13.4. The first-order chi connectivity index (χ1) is 13.1. The van der Waals surface area contributed by atoms with Crippen molar-refractivity contribution in [1.82, 2.24) is 20.1 Å². The zero-order valence-corrected chi connectivity index (χ0v) is 16.6. The Morgan fingerprint density at radius 1 is 1.07 bits per heavy atom. The van der Waals surface area contributed by atoms with E-state index in [4.69, 9.17) is 11.6 Å². The van der Waals surface area contributed by atoms with Gasteiger partial charge >= 0.3 is 0 Å². The maximum atomic E-state index is 13.4. The van der Waals surface area contributed by atoms with Crippen LogP contribution in [-0.2, 0) is 10.8 Å². The van der Waals surface area contributed by atoms with Crippen LogP contribution in [0.4, 0.5) is 0 Å². The summed E-state index contributed by atoms with van der Waals surface area (Å²) in [7, 11) is 0.962. The number of nitrogens with zero attached hydrogens (tertiary/aromatic N) is 3. The summed E-state index contributed by atoms with van der Waals surface area (Å²) in [5.41, 5.74) is 3.57. The number of nitrogens with one attached hydrogen (secondary N) is 1. The van der Waals surface area contributed by atoms with Crippen LogP contribution in [0.3, 0.4) is 0 Å². The molecule has 1 aliphatic heterocycles. The third kappa shape index (κ3) is 3.83. The molecule has 5 nitrogen and oxygen atoms in total. The van der Waals surface area contributed by atoms with E-state index in [2.05, 4.69) is 27.1 Å². The monoisotopic (exact) mass is 400 g/mol. The molecule has 0 aliphatic carbocycles. The van der Waals surface area contributed by atoms with Gasteiger partial charge < -0.3 is 4.90 Å². The van der Waals surface area contributed by atoms with Crippen molar-refractivity contribution in [2.24, 2.45) is 0 Å². The standard InChI is InChI=1S/C20H21ClN4OS/c1-25-12-8-17(9-13-25)27(26)20-18(14-6-10-22-11-7-14)19(23-24-20)15-2-4-16(21)5-3-15/h2-7,10-11,17H,8-9,12-13H2,1H3,(H,23,24). The fourth-order valence-corrected chi connectivity index (χ4v) is 5.09. The van der Waals surface area contributed by atoms with Gasteiger partial charge in [-0.3, -0.25) is 14.3 Å². The highest BCUT2D eigenvalue weighted by Crippen LogP contribution is 2.36. The number of halogens is 1. The van der Waals surface area contributed by atoms with Crippen molar-refractivity contribution < 1.29 is 4.21 Å². The van der Waals surface area contributed by atoms with Crippen molar-refractivity contribution in [2.45, 2.75) is 23.1 Å². The van der Waals surface area contributed by atoms with E-state index < -0.39 is 10.8 Å². The third-order valence-electron chi connectivity index (χ3n) is 4.99. The smallest absolute Gasteiger partial charge is 0.130 e. The maximum absolute atomic E-state index is 13.4. The van der Waals surface area contributed by atoms with Crippen LogP contribution >= 0.6 is 11.6 Å². The van der Waals surface area contributed by atoms with Gasteiger partial charge in [-0.2, -0.15) is 5.10 Å². The molecule has 2 aromatic heterocycles. The van der Waals surface area contributed by atoms with Crippen molar-refractivity contribution in [3.8, 4) is 22.4 Å². The molecule has 1 fully saturated rings. The van der Waals surface area contributed by atoms with E-state index in [1.807, 2.05) is 36.4 Å². The van der Waals surface area contributed by atoms with Crippen molar-refractivity contribution in [1.29, 1.82) is 0 Å². The predicted molar refractivity (Wildman–Crippen MR) is 109 cm³/mol. The Bertz CT molecular complexity index is 934. The van der Waals surface area contributed by atoms with E-state index in [0.29, 0.717) is 10.0 Å². The average Bonchev–Trinajstić information content (AvgIpc) is 3.14. The van der Waals surface area contributed by atoms with Crippen LogP contribution in [0.2, 0.25) is 5.02 Å². The zero-order valence-electron chi connectivity index (χ0n) is 15.1. The first-order valence-corrected chi connectivity index (χ1v) is 10.6. The normalized spacial score (nSPS) is 17.1. The quantitative estimate of drug-likeness (QED) is 0.719. The van der Waals surface area contributed by atoms with Crippen LogP contribution in [-0.4, -0.2) is 49.7 Å². The Balaban J connectivity index is 1.78. The summed E-state index contributed by atoms with van der Waals surface area (Å²) in [5.74, 6) is 0. The van der Waals surface area contributed by atoms with E-state index in [9.17, 15) is 4.21 Å². The Kier molecular flexibility index (Phi) is 5.38. The Labute approximate surface area is 166 Å². The van der Waals surface area contributed by atoms with Crippen molar-refractivity contribution >= 4 is 22.4 Å². The summed E-state index contributed by atoms with van der Waals surface area (Å²) in [6, 6.07) is 11.4. The van der Waals surface area contributed by atoms with Crippen LogP contribution < -0.4 is 0 Å². The first-order valence-electron chi connectivity index (χ1n) is 8.97. The SMILES string of the molecule is CN1CCC(S(=O)c2[nH]nc(-c3ccc(Cl)cc3)c2-c2ccncc2)CC1. The molecule has 140 valence electrons.